The molecule has 0 radical (unpaired) electrons. The standard InChI is InChI=1S/C15H25NOS/c1-13(2)7-6-10-16-11-12-17-14-8-4-5-9-15(14)18-3/h4-5,8-9,13,16H,6-7,10-12H2,1-3H3. The summed E-state index contributed by atoms with van der Waals surface area (Å²) in [6, 6.07) is 8.19. The van der Waals surface area contributed by atoms with E-state index in [1.807, 2.05) is 18.2 Å². The zero-order valence-electron chi connectivity index (χ0n) is 11.7. The number of rotatable bonds is 9. The Morgan fingerprint density at radius 3 is 2.72 bits per heavy atom. The lowest BCUT2D eigenvalue weighted by molar-refractivity contribution is 0.306. The van der Waals surface area contributed by atoms with Crippen molar-refractivity contribution >= 4 is 11.8 Å². The third-order valence-corrected chi connectivity index (χ3v) is 3.52. The van der Waals surface area contributed by atoms with Crippen LogP contribution in [-0.2, 0) is 0 Å². The van der Waals surface area contributed by atoms with Crippen molar-refractivity contribution in [3.05, 3.63) is 24.3 Å². The molecule has 0 amide bonds. The van der Waals surface area contributed by atoms with Crippen LogP contribution in [0.15, 0.2) is 29.2 Å². The van der Waals surface area contributed by atoms with Gasteiger partial charge in [-0.3, -0.25) is 0 Å². The quantitative estimate of drug-likeness (QED) is 0.543. The van der Waals surface area contributed by atoms with E-state index in [4.69, 9.17) is 4.74 Å². The van der Waals surface area contributed by atoms with Crippen LogP contribution in [0.2, 0.25) is 0 Å². The molecule has 0 spiro atoms. The Morgan fingerprint density at radius 2 is 2.00 bits per heavy atom. The second kappa shape index (κ2) is 9.29. The minimum atomic E-state index is 0.735. The van der Waals surface area contributed by atoms with Crippen molar-refractivity contribution < 1.29 is 4.74 Å². The van der Waals surface area contributed by atoms with Gasteiger partial charge in [-0.15, -0.1) is 11.8 Å². The lowest BCUT2D eigenvalue weighted by atomic mass is 10.1. The molecule has 1 N–H and O–H groups in total. The van der Waals surface area contributed by atoms with Crippen LogP contribution in [-0.4, -0.2) is 26.0 Å². The summed E-state index contributed by atoms with van der Waals surface area (Å²) in [5.74, 6) is 1.80. The number of nitrogens with one attached hydrogen (secondary N) is 1. The maximum Gasteiger partial charge on any atom is 0.132 e. The predicted molar refractivity (Wildman–Crippen MR) is 80.7 cm³/mol. The molecule has 0 unspecified atom stereocenters. The van der Waals surface area contributed by atoms with E-state index in [1.165, 1.54) is 17.7 Å². The molecular formula is C15H25NOS. The van der Waals surface area contributed by atoms with Gasteiger partial charge in [0.05, 0.1) is 0 Å². The van der Waals surface area contributed by atoms with Crippen molar-refractivity contribution in [2.45, 2.75) is 31.6 Å². The highest BCUT2D eigenvalue weighted by Gasteiger charge is 2.00. The summed E-state index contributed by atoms with van der Waals surface area (Å²) in [6.07, 6.45) is 4.62. The van der Waals surface area contributed by atoms with Crippen LogP contribution in [0.1, 0.15) is 26.7 Å². The second-order valence-corrected chi connectivity index (χ2v) is 5.63. The summed E-state index contributed by atoms with van der Waals surface area (Å²) in [6.45, 7) is 7.27. The maximum atomic E-state index is 5.77. The molecular weight excluding hydrogens is 242 g/mol. The van der Waals surface area contributed by atoms with Crippen LogP contribution in [0.3, 0.4) is 0 Å². The van der Waals surface area contributed by atoms with Crippen LogP contribution >= 0.6 is 11.8 Å². The van der Waals surface area contributed by atoms with Gasteiger partial charge in [0.2, 0.25) is 0 Å². The van der Waals surface area contributed by atoms with Gasteiger partial charge in [0.1, 0.15) is 12.4 Å². The largest absolute Gasteiger partial charge is 0.491 e. The van der Waals surface area contributed by atoms with Gasteiger partial charge in [-0.05, 0) is 43.7 Å². The number of hydrogen-bond acceptors (Lipinski definition) is 3. The number of para-hydroxylation sites is 1. The Hall–Kier alpha value is -0.670. The third kappa shape index (κ3) is 6.31. The van der Waals surface area contributed by atoms with E-state index in [0.29, 0.717) is 0 Å². The smallest absolute Gasteiger partial charge is 0.132 e. The van der Waals surface area contributed by atoms with Crippen LogP contribution in [0.4, 0.5) is 0 Å². The Morgan fingerprint density at radius 1 is 1.22 bits per heavy atom. The van der Waals surface area contributed by atoms with Gasteiger partial charge in [-0.25, -0.2) is 0 Å². The van der Waals surface area contributed by atoms with Crippen LogP contribution in [0, 0.1) is 5.92 Å². The van der Waals surface area contributed by atoms with Gasteiger partial charge in [0.15, 0.2) is 0 Å². The summed E-state index contributed by atoms with van der Waals surface area (Å²) >= 11 is 1.73. The van der Waals surface area contributed by atoms with Crippen molar-refractivity contribution in [1.82, 2.24) is 5.32 Å². The Kier molecular flexibility index (Phi) is 7.94. The van der Waals surface area contributed by atoms with Crippen molar-refractivity contribution in [1.29, 1.82) is 0 Å². The van der Waals surface area contributed by atoms with Gasteiger partial charge in [-0.2, -0.15) is 0 Å². The van der Waals surface area contributed by atoms with E-state index in [1.54, 1.807) is 11.8 Å². The molecule has 1 aromatic rings. The lowest BCUT2D eigenvalue weighted by Gasteiger charge is -2.10. The molecule has 0 atom stereocenters. The van der Waals surface area contributed by atoms with Gasteiger partial charge >= 0.3 is 0 Å². The molecule has 0 saturated carbocycles. The molecule has 1 aromatic carbocycles. The zero-order chi connectivity index (χ0) is 13.2. The molecule has 18 heavy (non-hydrogen) atoms. The first-order chi connectivity index (χ1) is 8.74. The molecule has 0 aliphatic carbocycles. The molecule has 0 bridgehead atoms. The molecule has 0 saturated heterocycles. The highest BCUT2D eigenvalue weighted by Crippen LogP contribution is 2.26. The van der Waals surface area contributed by atoms with E-state index >= 15 is 0 Å². The number of ether oxygens (including phenoxy) is 1. The number of benzene rings is 1. The average molecular weight is 267 g/mol. The van der Waals surface area contributed by atoms with Crippen molar-refractivity contribution in [2.75, 3.05) is 26.0 Å². The molecule has 0 aliphatic rings. The van der Waals surface area contributed by atoms with E-state index in [2.05, 4.69) is 31.5 Å². The summed E-state index contributed by atoms with van der Waals surface area (Å²) in [5, 5.41) is 3.42. The minimum absolute atomic E-state index is 0.735. The molecule has 0 fully saturated rings. The molecule has 0 heterocycles. The first kappa shape index (κ1) is 15.4. The molecule has 0 aliphatic heterocycles. The normalized spacial score (nSPS) is 10.9. The highest BCUT2D eigenvalue weighted by atomic mass is 32.2. The molecule has 102 valence electrons. The van der Waals surface area contributed by atoms with E-state index in [-0.39, 0.29) is 0 Å². The first-order valence-corrected chi connectivity index (χ1v) is 7.93. The van der Waals surface area contributed by atoms with Crippen molar-refractivity contribution in [2.24, 2.45) is 5.92 Å². The highest BCUT2D eigenvalue weighted by molar-refractivity contribution is 7.98. The third-order valence-electron chi connectivity index (χ3n) is 2.74. The molecule has 2 nitrogen and oxygen atoms in total. The Balaban J connectivity index is 2.10. The summed E-state index contributed by atoms with van der Waals surface area (Å²) in [7, 11) is 0. The summed E-state index contributed by atoms with van der Waals surface area (Å²) in [4.78, 5) is 1.21. The fraction of sp³-hybridized carbons (Fsp3) is 0.600. The van der Waals surface area contributed by atoms with Crippen LogP contribution < -0.4 is 10.1 Å². The Bertz CT molecular complexity index is 328. The number of hydrogen-bond donors (Lipinski definition) is 1. The zero-order valence-corrected chi connectivity index (χ0v) is 12.6. The van der Waals surface area contributed by atoms with Gasteiger partial charge in [-0.1, -0.05) is 26.0 Å². The van der Waals surface area contributed by atoms with Crippen molar-refractivity contribution in [3.8, 4) is 5.75 Å². The predicted octanol–water partition coefficient (Wildman–Crippen LogP) is 3.81. The molecule has 0 aromatic heterocycles. The first-order valence-electron chi connectivity index (χ1n) is 6.70. The van der Waals surface area contributed by atoms with E-state index in [0.717, 1.165) is 31.4 Å². The monoisotopic (exact) mass is 267 g/mol. The van der Waals surface area contributed by atoms with E-state index < -0.39 is 0 Å². The van der Waals surface area contributed by atoms with Crippen molar-refractivity contribution in [3.63, 3.8) is 0 Å². The van der Waals surface area contributed by atoms with Gasteiger partial charge in [0, 0.05) is 11.4 Å². The van der Waals surface area contributed by atoms with E-state index in [9.17, 15) is 0 Å². The fourth-order valence-electron chi connectivity index (χ4n) is 1.73. The maximum absolute atomic E-state index is 5.77. The molecule has 3 heteroatoms. The molecule has 1 rings (SSSR count). The summed E-state index contributed by atoms with van der Waals surface area (Å²) in [5.41, 5.74) is 0. The fourth-order valence-corrected chi connectivity index (χ4v) is 2.27. The van der Waals surface area contributed by atoms with Gasteiger partial charge in [0.25, 0.3) is 0 Å². The topological polar surface area (TPSA) is 21.3 Å². The van der Waals surface area contributed by atoms with Crippen LogP contribution in [0.25, 0.3) is 0 Å². The average Bonchev–Trinajstić information content (AvgIpc) is 2.37. The SMILES string of the molecule is CSc1ccccc1OCCNCCCC(C)C. The lowest BCUT2D eigenvalue weighted by Crippen LogP contribution is -2.22. The minimum Gasteiger partial charge on any atom is -0.491 e. The van der Waals surface area contributed by atoms with Gasteiger partial charge < -0.3 is 10.1 Å². The Labute approximate surface area is 116 Å². The summed E-state index contributed by atoms with van der Waals surface area (Å²) < 4.78 is 5.77. The second-order valence-electron chi connectivity index (χ2n) is 4.79. The van der Waals surface area contributed by atoms with Crippen LogP contribution in [0.5, 0.6) is 5.75 Å². The number of thioether (sulfide) groups is 1.